The summed E-state index contributed by atoms with van der Waals surface area (Å²) in [5.41, 5.74) is 0.771. The van der Waals surface area contributed by atoms with Crippen molar-refractivity contribution in [2.45, 2.75) is 38.0 Å². The van der Waals surface area contributed by atoms with Crippen molar-refractivity contribution in [2.75, 3.05) is 0 Å². The van der Waals surface area contributed by atoms with Crippen LogP contribution < -0.4 is 5.32 Å². The number of hydrogen-bond donors (Lipinski definition) is 2. The molecule has 3 rings (SSSR count). The Bertz CT molecular complexity index is 886. The standard InChI is InChI=1S/C20H19FN2O3/c1-3-20(2,25)8-7-13-9-15(12-22-11-13)17-18(26-19(24)23-17)14-5-4-6-16(21)10-14/h4-6,9-12,17-18,25H,3H2,1-2H3,(H,23,24)/t17-,18-,20?/m1/s1. The second-order valence-corrected chi connectivity index (χ2v) is 6.39. The molecule has 26 heavy (non-hydrogen) atoms. The summed E-state index contributed by atoms with van der Waals surface area (Å²) in [7, 11) is 0. The first-order valence-electron chi connectivity index (χ1n) is 8.31. The van der Waals surface area contributed by atoms with Crippen LogP contribution in [0.2, 0.25) is 0 Å². The Kier molecular flexibility index (Phi) is 4.92. The largest absolute Gasteiger partial charge is 0.439 e. The quantitative estimate of drug-likeness (QED) is 0.830. The fourth-order valence-corrected chi connectivity index (χ4v) is 2.61. The van der Waals surface area contributed by atoms with Crippen LogP contribution in [0.3, 0.4) is 0 Å². The van der Waals surface area contributed by atoms with Gasteiger partial charge in [-0.3, -0.25) is 4.98 Å². The summed E-state index contributed by atoms with van der Waals surface area (Å²) >= 11 is 0. The summed E-state index contributed by atoms with van der Waals surface area (Å²) in [6, 6.07) is 7.22. The van der Waals surface area contributed by atoms with Crippen LogP contribution >= 0.6 is 0 Å². The van der Waals surface area contributed by atoms with E-state index in [0.29, 0.717) is 23.1 Å². The Labute approximate surface area is 151 Å². The van der Waals surface area contributed by atoms with Gasteiger partial charge in [-0.1, -0.05) is 30.9 Å². The molecule has 1 amide bonds. The first kappa shape index (κ1) is 17.9. The lowest BCUT2D eigenvalue weighted by Crippen LogP contribution is -2.20. The van der Waals surface area contributed by atoms with E-state index >= 15 is 0 Å². The SMILES string of the molecule is CCC(C)(O)C#Cc1cncc([C@H]2NC(=O)O[C@@H]2c2cccc(F)c2)c1. The molecule has 1 fully saturated rings. The van der Waals surface area contributed by atoms with Gasteiger partial charge < -0.3 is 15.2 Å². The van der Waals surface area contributed by atoms with Gasteiger partial charge in [0.25, 0.3) is 0 Å². The van der Waals surface area contributed by atoms with Crippen molar-refractivity contribution in [3.8, 4) is 11.8 Å². The fraction of sp³-hybridized carbons (Fsp3) is 0.300. The van der Waals surface area contributed by atoms with Crippen molar-refractivity contribution in [2.24, 2.45) is 0 Å². The van der Waals surface area contributed by atoms with Gasteiger partial charge in [-0.15, -0.1) is 0 Å². The molecule has 134 valence electrons. The molecule has 2 N–H and O–H groups in total. The maximum atomic E-state index is 13.5. The molecule has 0 spiro atoms. The zero-order valence-electron chi connectivity index (χ0n) is 14.5. The number of cyclic esters (lactones) is 1. The molecule has 0 bridgehead atoms. The molecule has 1 aromatic carbocycles. The van der Waals surface area contributed by atoms with Crippen molar-refractivity contribution < 1.29 is 19.0 Å². The minimum absolute atomic E-state index is 0.399. The zero-order valence-corrected chi connectivity index (χ0v) is 14.5. The topological polar surface area (TPSA) is 71.5 Å². The number of nitrogens with zero attached hydrogens (tertiary/aromatic N) is 1. The van der Waals surface area contributed by atoms with Gasteiger partial charge in [-0.25, -0.2) is 9.18 Å². The number of ether oxygens (including phenoxy) is 1. The number of amides is 1. The van der Waals surface area contributed by atoms with E-state index in [9.17, 15) is 14.3 Å². The van der Waals surface area contributed by atoms with Gasteiger partial charge in [0.15, 0.2) is 6.10 Å². The molecule has 0 aliphatic carbocycles. The highest BCUT2D eigenvalue weighted by molar-refractivity contribution is 5.71. The van der Waals surface area contributed by atoms with E-state index in [0.717, 1.165) is 0 Å². The third kappa shape index (κ3) is 4.01. The summed E-state index contributed by atoms with van der Waals surface area (Å²) in [6.07, 6.45) is 2.45. The number of rotatable bonds is 3. The van der Waals surface area contributed by atoms with E-state index in [1.807, 2.05) is 6.92 Å². The molecule has 5 nitrogen and oxygen atoms in total. The summed E-state index contributed by atoms with van der Waals surface area (Å²) in [5, 5.41) is 12.7. The van der Waals surface area contributed by atoms with E-state index in [1.54, 1.807) is 37.5 Å². The number of carbonyl (C=O) groups excluding carboxylic acids is 1. The van der Waals surface area contributed by atoms with Crippen molar-refractivity contribution in [1.29, 1.82) is 0 Å². The molecule has 3 atom stereocenters. The van der Waals surface area contributed by atoms with E-state index < -0.39 is 29.7 Å². The number of halogens is 1. The third-order valence-corrected chi connectivity index (χ3v) is 4.27. The summed E-state index contributed by atoms with van der Waals surface area (Å²) < 4.78 is 18.9. The molecule has 1 unspecified atom stereocenters. The Morgan fingerprint density at radius 1 is 1.35 bits per heavy atom. The molecule has 2 heterocycles. The molecule has 1 saturated heterocycles. The lowest BCUT2D eigenvalue weighted by molar-refractivity contribution is 0.118. The second kappa shape index (κ2) is 7.14. The zero-order chi connectivity index (χ0) is 18.7. The van der Waals surface area contributed by atoms with E-state index in [1.165, 1.54) is 12.1 Å². The molecule has 0 radical (unpaired) electrons. The molecular weight excluding hydrogens is 335 g/mol. The Morgan fingerprint density at radius 2 is 2.15 bits per heavy atom. The highest BCUT2D eigenvalue weighted by atomic mass is 19.1. The van der Waals surface area contributed by atoms with Gasteiger partial charge in [-0.2, -0.15) is 0 Å². The van der Waals surface area contributed by atoms with E-state index in [4.69, 9.17) is 4.74 Å². The van der Waals surface area contributed by atoms with Crippen LogP contribution in [0.25, 0.3) is 0 Å². The lowest BCUT2D eigenvalue weighted by Gasteiger charge is -2.17. The lowest BCUT2D eigenvalue weighted by atomic mass is 9.96. The Balaban J connectivity index is 1.92. The van der Waals surface area contributed by atoms with Crippen LogP contribution in [-0.2, 0) is 4.74 Å². The predicted molar refractivity (Wildman–Crippen MR) is 93.5 cm³/mol. The van der Waals surface area contributed by atoms with Crippen molar-refractivity contribution >= 4 is 6.09 Å². The van der Waals surface area contributed by atoms with Gasteiger partial charge in [0, 0.05) is 18.0 Å². The normalized spacial score (nSPS) is 21.2. The van der Waals surface area contributed by atoms with Gasteiger partial charge in [0.1, 0.15) is 17.5 Å². The van der Waals surface area contributed by atoms with Crippen molar-refractivity contribution in [3.63, 3.8) is 0 Å². The van der Waals surface area contributed by atoms with Crippen LogP contribution in [0.5, 0.6) is 0 Å². The third-order valence-electron chi connectivity index (χ3n) is 4.27. The number of alkyl carbamates (subject to hydrolysis) is 1. The van der Waals surface area contributed by atoms with Gasteiger partial charge in [0.2, 0.25) is 0 Å². The number of benzene rings is 1. The van der Waals surface area contributed by atoms with Crippen molar-refractivity contribution in [1.82, 2.24) is 10.3 Å². The van der Waals surface area contributed by atoms with Crippen LogP contribution in [0.15, 0.2) is 42.7 Å². The summed E-state index contributed by atoms with van der Waals surface area (Å²) in [4.78, 5) is 15.9. The predicted octanol–water partition coefficient (Wildman–Crippen LogP) is 3.26. The van der Waals surface area contributed by atoms with Gasteiger partial charge in [-0.05, 0) is 42.7 Å². The first-order chi connectivity index (χ1) is 12.4. The first-order valence-corrected chi connectivity index (χ1v) is 8.31. The second-order valence-electron chi connectivity index (χ2n) is 6.39. The fourth-order valence-electron chi connectivity index (χ4n) is 2.61. The number of hydrogen-bond acceptors (Lipinski definition) is 4. The summed E-state index contributed by atoms with van der Waals surface area (Å²) in [6.45, 7) is 3.49. The van der Waals surface area contributed by atoms with Crippen LogP contribution in [0.1, 0.15) is 49.1 Å². The monoisotopic (exact) mass is 354 g/mol. The highest BCUT2D eigenvalue weighted by Crippen LogP contribution is 2.36. The minimum Gasteiger partial charge on any atom is -0.439 e. The molecular formula is C20H19FN2O3. The van der Waals surface area contributed by atoms with E-state index in [-0.39, 0.29) is 0 Å². The van der Waals surface area contributed by atoms with Crippen LogP contribution in [0.4, 0.5) is 9.18 Å². The van der Waals surface area contributed by atoms with Gasteiger partial charge in [0.05, 0.1) is 0 Å². The molecule has 0 saturated carbocycles. The highest BCUT2D eigenvalue weighted by Gasteiger charge is 2.36. The maximum Gasteiger partial charge on any atom is 0.408 e. The molecule has 1 aliphatic rings. The van der Waals surface area contributed by atoms with E-state index in [2.05, 4.69) is 22.1 Å². The molecule has 6 heteroatoms. The number of carbonyl (C=O) groups is 1. The Hall–Kier alpha value is -2.91. The minimum atomic E-state index is -1.08. The summed E-state index contributed by atoms with van der Waals surface area (Å²) in [5.74, 6) is 5.30. The van der Waals surface area contributed by atoms with Gasteiger partial charge >= 0.3 is 6.09 Å². The van der Waals surface area contributed by atoms with Crippen molar-refractivity contribution in [3.05, 3.63) is 65.2 Å². The number of aromatic nitrogens is 1. The molecule has 2 aromatic rings. The van der Waals surface area contributed by atoms with Crippen LogP contribution in [0, 0.1) is 17.7 Å². The average Bonchev–Trinajstić information content (AvgIpc) is 3.02. The smallest absolute Gasteiger partial charge is 0.408 e. The molecule has 1 aromatic heterocycles. The Morgan fingerprint density at radius 3 is 2.88 bits per heavy atom. The average molecular weight is 354 g/mol. The maximum absolute atomic E-state index is 13.5. The van der Waals surface area contributed by atoms with Crippen LogP contribution in [-0.4, -0.2) is 21.8 Å². The number of aliphatic hydroxyl groups is 1. The number of pyridine rings is 1. The molecule has 1 aliphatic heterocycles. The number of nitrogens with one attached hydrogen (secondary N) is 1.